The SMILES string of the molecule is C=CN(C)CCOCCn1c(C)nc(C(=O)NCc2ccc(F)cc2)c(O)c1=O. The van der Waals surface area contributed by atoms with Crippen LogP contribution in [0.1, 0.15) is 21.9 Å². The van der Waals surface area contributed by atoms with Gasteiger partial charge in [0.15, 0.2) is 5.69 Å². The quantitative estimate of drug-likeness (QED) is 0.582. The van der Waals surface area contributed by atoms with E-state index in [1.807, 2.05) is 11.9 Å². The molecule has 0 spiro atoms. The van der Waals surface area contributed by atoms with E-state index in [1.165, 1.54) is 28.8 Å². The number of carbonyl (C=O) groups is 1. The van der Waals surface area contributed by atoms with Crippen molar-refractivity contribution in [2.75, 3.05) is 26.8 Å². The van der Waals surface area contributed by atoms with E-state index in [0.717, 1.165) is 0 Å². The van der Waals surface area contributed by atoms with Gasteiger partial charge in [0.25, 0.3) is 11.5 Å². The second-order valence-electron chi connectivity index (χ2n) is 6.40. The second kappa shape index (κ2) is 10.4. The summed E-state index contributed by atoms with van der Waals surface area (Å²) in [7, 11) is 1.87. The third-order valence-corrected chi connectivity index (χ3v) is 4.28. The molecule has 2 aromatic rings. The van der Waals surface area contributed by atoms with Gasteiger partial charge in [-0.15, -0.1) is 0 Å². The minimum Gasteiger partial charge on any atom is -0.501 e. The smallest absolute Gasteiger partial charge is 0.296 e. The van der Waals surface area contributed by atoms with E-state index in [0.29, 0.717) is 18.7 Å². The lowest BCUT2D eigenvalue weighted by Gasteiger charge is -2.15. The van der Waals surface area contributed by atoms with Crippen LogP contribution in [0.2, 0.25) is 0 Å². The molecule has 29 heavy (non-hydrogen) atoms. The molecule has 1 heterocycles. The summed E-state index contributed by atoms with van der Waals surface area (Å²) < 4.78 is 19.7. The van der Waals surface area contributed by atoms with Gasteiger partial charge in [0.1, 0.15) is 11.6 Å². The predicted molar refractivity (Wildman–Crippen MR) is 106 cm³/mol. The van der Waals surface area contributed by atoms with Crippen LogP contribution in [0.4, 0.5) is 4.39 Å². The first-order valence-electron chi connectivity index (χ1n) is 9.07. The fourth-order valence-corrected chi connectivity index (χ4v) is 2.50. The lowest BCUT2D eigenvalue weighted by atomic mass is 10.2. The normalized spacial score (nSPS) is 10.6. The van der Waals surface area contributed by atoms with Crippen LogP contribution in [0, 0.1) is 12.7 Å². The zero-order valence-corrected chi connectivity index (χ0v) is 16.5. The van der Waals surface area contributed by atoms with Crippen LogP contribution in [-0.4, -0.2) is 52.3 Å². The highest BCUT2D eigenvalue weighted by Crippen LogP contribution is 2.10. The Bertz CT molecular complexity index is 912. The number of aryl methyl sites for hydroxylation is 1. The molecule has 0 unspecified atom stereocenters. The molecular weight excluding hydrogens is 379 g/mol. The number of amides is 1. The highest BCUT2D eigenvalue weighted by molar-refractivity contribution is 5.94. The van der Waals surface area contributed by atoms with Gasteiger partial charge in [0.2, 0.25) is 5.75 Å². The number of rotatable bonds is 10. The highest BCUT2D eigenvalue weighted by atomic mass is 19.1. The molecule has 8 nitrogen and oxygen atoms in total. The molecule has 156 valence electrons. The van der Waals surface area contributed by atoms with Crippen molar-refractivity contribution in [1.29, 1.82) is 0 Å². The van der Waals surface area contributed by atoms with Crippen LogP contribution in [0.5, 0.6) is 5.75 Å². The first-order valence-corrected chi connectivity index (χ1v) is 9.07. The number of aromatic hydroxyl groups is 1. The summed E-state index contributed by atoms with van der Waals surface area (Å²) >= 11 is 0. The molecule has 0 fully saturated rings. The lowest BCUT2D eigenvalue weighted by molar-refractivity contribution is 0.0941. The van der Waals surface area contributed by atoms with E-state index < -0.39 is 17.2 Å². The van der Waals surface area contributed by atoms with Gasteiger partial charge in [-0.2, -0.15) is 0 Å². The van der Waals surface area contributed by atoms with Crippen molar-refractivity contribution in [2.24, 2.45) is 0 Å². The lowest BCUT2D eigenvalue weighted by Crippen LogP contribution is -2.31. The first kappa shape index (κ1) is 22.1. The fourth-order valence-electron chi connectivity index (χ4n) is 2.50. The van der Waals surface area contributed by atoms with Gasteiger partial charge in [-0.1, -0.05) is 18.7 Å². The summed E-state index contributed by atoms with van der Waals surface area (Å²) in [4.78, 5) is 30.7. The monoisotopic (exact) mass is 404 g/mol. The number of nitrogens with zero attached hydrogens (tertiary/aromatic N) is 3. The first-order chi connectivity index (χ1) is 13.8. The summed E-state index contributed by atoms with van der Waals surface area (Å²) in [6, 6.07) is 5.61. The van der Waals surface area contributed by atoms with Gasteiger partial charge < -0.3 is 20.1 Å². The molecule has 9 heteroatoms. The van der Waals surface area contributed by atoms with Crippen LogP contribution >= 0.6 is 0 Å². The Labute approximate surface area is 168 Å². The molecular formula is C20H25FN4O4. The molecule has 1 amide bonds. The van der Waals surface area contributed by atoms with E-state index in [1.54, 1.807) is 13.1 Å². The van der Waals surface area contributed by atoms with E-state index in [-0.39, 0.29) is 37.0 Å². The second-order valence-corrected chi connectivity index (χ2v) is 6.40. The van der Waals surface area contributed by atoms with Gasteiger partial charge in [0.05, 0.1) is 19.8 Å². The van der Waals surface area contributed by atoms with E-state index in [4.69, 9.17) is 4.74 Å². The largest absolute Gasteiger partial charge is 0.501 e. The van der Waals surface area contributed by atoms with Crippen molar-refractivity contribution in [2.45, 2.75) is 20.0 Å². The average Bonchev–Trinajstić information content (AvgIpc) is 2.71. The van der Waals surface area contributed by atoms with Crippen molar-refractivity contribution in [3.05, 3.63) is 70.3 Å². The number of ether oxygens (including phenoxy) is 1. The number of halogens is 1. The van der Waals surface area contributed by atoms with E-state index >= 15 is 0 Å². The number of likely N-dealkylation sites (N-methyl/N-ethyl adjacent to an activating group) is 1. The maximum atomic E-state index is 12.9. The molecule has 0 radical (unpaired) electrons. The number of aromatic nitrogens is 2. The third kappa shape index (κ3) is 6.15. The molecule has 0 atom stereocenters. The molecule has 2 rings (SSSR count). The summed E-state index contributed by atoms with van der Waals surface area (Å²) in [6.07, 6.45) is 1.68. The number of hydrogen-bond acceptors (Lipinski definition) is 6. The van der Waals surface area contributed by atoms with Crippen molar-refractivity contribution >= 4 is 5.91 Å². The topological polar surface area (TPSA) is 96.7 Å². The van der Waals surface area contributed by atoms with Crippen molar-refractivity contribution in [3.63, 3.8) is 0 Å². The van der Waals surface area contributed by atoms with Crippen molar-refractivity contribution in [1.82, 2.24) is 19.8 Å². The number of benzene rings is 1. The molecule has 0 bridgehead atoms. The van der Waals surface area contributed by atoms with Crippen molar-refractivity contribution in [3.8, 4) is 5.75 Å². The standard InChI is InChI=1S/C20H25FN4O4/c1-4-24(3)9-11-29-12-10-25-14(2)23-17(18(26)20(25)28)19(27)22-13-15-5-7-16(21)8-6-15/h4-8,26H,1,9-13H2,2-3H3,(H,22,27). The molecule has 2 N–H and O–H groups in total. The molecule has 1 aromatic carbocycles. The van der Waals surface area contributed by atoms with Gasteiger partial charge in [-0.05, 0) is 30.8 Å². The van der Waals surface area contributed by atoms with Gasteiger partial charge in [0, 0.05) is 20.1 Å². The highest BCUT2D eigenvalue weighted by Gasteiger charge is 2.19. The fraction of sp³-hybridized carbons (Fsp3) is 0.350. The predicted octanol–water partition coefficient (Wildman–Crippen LogP) is 1.42. The summed E-state index contributed by atoms with van der Waals surface area (Å²) in [5, 5.41) is 12.7. The minimum absolute atomic E-state index is 0.107. The van der Waals surface area contributed by atoms with Gasteiger partial charge in [-0.25, -0.2) is 9.37 Å². The van der Waals surface area contributed by atoms with E-state index in [9.17, 15) is 19.1 Å². The Morgan fingerprint density at radius 3 is 2.72 bits per heavy atom. The Hall–Kier alpha value is -3.20. The molecule has 0 aliphatic carbocycles. The molecule has 0 aliphatic heterocycles. The third-order valence-electron chi connectivity index (χ3n) is 4.28. The van der Waals surface area contributed by atoms with Crippen LogP contribution in [-0.2, 0) is 17.8 Å². The number of hydrogen-bond donors (Lipinski definition) is 2. The maximum Gasteiger partial charge on any atom is 0.296 e. The van der Waals surface area contributed by atoms with Crippen LogP contribution in [0.25, 0.3) is 0 Å². The Kier molecular flexibility index (Phi) is 7.90. The van der Waals surface area contributed by atoms with Crippen LogP contribution in [0.15, 0.2) is 41.8 Å². The summed E-state index contributed by atoms with van der Waals surface area (Å²) in [5.74, 6) is -1.51. The van der Waals surface area contributed by atoms with Gasteiger partial charge >= 0.3 is 0 Å². The van der Waals surface area contributed by atoms with Crippen LogP contribution in [0.3, 0.4) is 0 Å². The Balaban J connectivity index is 1.99. The zero-order chi connectivity index (χ0) is 21.4. The van der Waals surface area contributed by atoms with Crippen molar-refractivity contribution < 1.29 is 19.0 Å². The summed E-state index contributed by atoms with van der Waals surface area (Å²) in [5.41, 5.74) is -0.390. The van der Waals surface area contributed by atoms with Gasteiger partial charge in [-0.3, -0.25) is 14.2 Å². The minimum atomic E-state index is -0.724. The van der Waals surface area contributed by atoms with Crippen LogP contribution < -0.4 is 10.9 Å². The molecule has 1 aromatic heterocycles. The summed E-state index contributed by atoms with van der Waals surface area (Å²) in [6.45, 7) is 6.88. The molecule has 0 saturated heterocycles. The number of carbonyl (C=O) groups excluding carboxylic acids is 1. The molecule has 0 aliphatic rings. The Morgan fingerprint density at radius 2 is 2.07 bits per heavy atom. The number of nitrogens with one attached hydrogen (secondary N) is 1. The average molecular weight is 404 g/mol. The zero-order valence-electron chi connectivity index (χ0n) is 16.5. The molecule has 0 saturated carbocycles. The maximum absolute atomic E-state index is 12.9. The Morgan fingerprint density at radius 1 is 1.38 bits per heavy atom. The van der Waals surface area contributed by atoms with E-state index in [2.05, 4.69) is 16.9 Å².